The number of nitrogens with zero attached hydrogens (tertiary/aromatic N) is 1. The summed E-state index contributed by atoms with van der Waals surface area (Å²) in [4.78, 5) is 14.1. The van der Waals surface area contributed by atoms with Crippen molar-refractivity contribution in [3.05, 3.63) is 70.2 Å². The molecule has 0 spiro atoms. The maximum Gasteiger partial charge on any atom is 0.317 e. The summed E-state index contributed by atoms with van der Waals surface area (Å²) in [6.45, 7) is 2.09. The number of carbonyl (C=O) groups excluding carboxylic acids is 1. The molecule has 0 saturated heterocycles. The second kappa shape index (κ2) is 6.84. The van der Waals surface area contributed by atoms with Crippen LogP contribution in [0.25, 0.3) is 0 Å². The van der Waals surface area contributed by atoms with Gasteiger partial charge in [0.25, 0.3) is 0 Å². The van der Waals surface area contributed by atoms with Gasteiger partial charge in [-0.2, -0.15) is 0 Å². The number of hydrogen-bond acceptors (Lipinski definition) is 1. The van der Waals surface area contributed by atoms with E-state index in [2.05, 4.69) is 23.5 Å². The maximum atomic E-state index is 12.3. The predicted molar refractivity (Wildman–Crippen MR) is 89.1 cm³/mol. The Labute approximate surface area is 135 Å². The first-order valence-corrected chi connectivity index (χ1v) is 7.94. The van der Waals surface area contributed by atoms with Crippen molar-refractivity contribution >= 4 is 17.6 Å². The molecule has 2 amide bonds. The fourth-order valence-corrected chi connectivity index (χ4v) is 3.00. The molecular weight excluding hydrogens is 296 g/mol. The van der Waals surface area contributed by atoms with E-state index in [-0.39, 0.29) is 6.03 Å². The zero-order valence-corrected chi connectivity index (χ0v) is 13.1. The van der Waals surface area contributed by atoms with E-state index in [9.17, 15) is 4.79 Å². The van der Waals surface area contributed by atoms with Crippen LogP contribution in [0.2, 0.25) is 5.02 Å². The van der Waals surface area contributed by atoms with Crippen LogP contribution in [0.1, 0.15) is 16.7 Å². The van der Waals surface area contributed by atoms with E-state index in [1.54, 1.807) is 0 Å². The predicted octanol–water partition coefficient (Wildman–Crippen LogP) is 3.65. The number of urea groups is 1. The van der Waals surface area contributed by atoms with Crippen molar-refractivity contribution in [2.45, 2.75) is 19.4 Å². The zero-order valence-electron chi connectivity index (χ0n) is 12.4. The highest BCUT2D eigenvalue weighted by Crippen LogP contribution is 2.18. The van der Waals surface area contributed by atoms with Crippen molar-refractivity contribution in [2.75, 3.05) is 13.1 Å². The standard InChI is InChI=1S/C18H19ClN2O/c19-17-7-3-4-14(12-17)8-10-20-18(22)21-11-9-15-5-1-2-6-16(15)13-21/h1-7,12H,8-11,13H2,(H,20,22). The van der Waals surface area contributed by atoms with Crippen LogP contribution in [0.15, 0.2) is 48.5 Å². The molecule has 0 unspecified atom stereocenters. The van der Waals surface area contributed by atoms with Gasteiger partial charge in [0.15, 0.2) is 0 Å². The first-order valence-electron chi connectivity index (χ1n) is 7.56. The Kier molecular flexibility index (Phi) is 4.64. The fraction of sp³-hybridized carbons (Fsp3) is 0.278. The Morgan fingerprint density at radius 2 is 1.95 bits per heavy atom. The van der Waals surface area contributed by atoms with Crippen LogP contribution in [0, 0.1) is 0 Å². The quantitative estimate of drug-likeness (QED) is 0.921. The number of hydrogen-bond donors (Lipinski definition) is 1. The van der Waals surface area contributed by atoms with E-state index in [4.69, 9.17) is 11.6 Å². The molecule has 0 aromatic heterocycles. The minimum absolute atomic E-state index is 0.0107. The molecule has 2 aromatic carbocycles. The molecule has 0 aliphatic carbocycles. The summed E-state index contributed by atoms with van der Waals surface area (Å²) in [5.74, 6) is 0. The highest BCUT2D eigenvalue weighted by molar-refractivity contribution is 6.30. The molecule has 2 aromatic rings. The van der Waals surface area contributed by atoms with Gasteiger partial charge in [0.2, 0.25) is 0 Å². The van der Waals surface area contributed by atoms with Crippen LogP contribution >= 0.6 is 11.6 Å². The van der Waals surface area contributed by atoms with Gasteiger partial charge < -0.3 is 10.2 Å². The average Bonchev–Trinajstić information content (AvgIpc) is 2.54. The molecule has 0 saturated carbocycles. The molecule has 1 N–H and O–H groups in total. The number of carbonyl (C=O) groups is 1. The Morgan fingerprint density at radius 1 is 1.14 bits per heavy atom. The lowest BCUT2D eigenvalue weighted by Crippen LogP contribution is -2.43. The minimum atomic E-state index is 0.0107. The number of rotatable bonds is 3. The van der Waals surface area contributed by atoms with Gasteiger partial charge in [-0.3, -0.25) is 0 Å². The minimum Gasteiger partial charge on any atom is -0.338 e. The van der Waals surface area contributed by atoms with Gasteiger partial charge in [-0.1, -0.05) is 48.0 Å². The monoisotopic (exact) mass is 314 g/mol. The van der Waals surface area contributed by atoms with Gasteiger partial charge in [0, 0.05) is 24.7 Å². The summed E-state index contributed by atoms with van der Waals surface area (Å²) in [7, 11) is 0. The van der Waals surface area contributed by atoms with E-state index in [0.29, 0.717) is 13.1 Å². The fourth-order valence-electron chi connectivity index (χ4n) is 2.79. The molecular formula is C18H19ClN2O. The molecule has 0 bridgehead atoms. The molecule has 1 aliphatic heterocycles. The first-order chi connectivity index (χ1) is 10.7. The van der Waals surface area contributed by atoms with Gasteiger partial charge in [0.1, 0.15) is 0 Å². The largest absolute Gasteiger partial charge is 0.338 e. The highest BCUT2D eigenvalue weighted by atomic mass is 35.5. The Hall–Kier alpha value is -2.00. The van der Waals surface area contributed by atoms with Crippen molar-refractivity contribution in [1.82, 2.24) is 10.2 Å². The molecule has 3 nitrogen and oxygen atoms in total. The van der Waals surface area contributed by atoms with E-state index >= 15 is 0 Å². The van der Waals surface area contributed by atoms with E-state index in [1.807, 2.05) is 35.2 Å². The summed E-state index contributed by atoms with van der Waals surface area (Å²) in [5, 5.41) is 3.73. The molecule has 22 heavy (non-hydrogen) atoms. The summed E-state index contributed by atoms with van der Waals surface area (Å²) in [6, 6.07) is 16.1. The lowest BCUT2D eigenvalue weighted by atomic mass is 10.0. The summed E-state index contributed by atoms with van der Waals surface area (Å²) in [6.07, 6.45) is 1.72. The summed E-state index contributed by atoms with van der Waals surface area (Å²) < 4.78 is 0. The van der Waals surface area contributed by atoms with Gasteiger partial charge >= 0.3 is 6.03 Å². The molecule has 0 fully saturated rings. The first kappa shape index (κ1) is 14.9. The topological polar surface area (TPSA) is 32.3 Å². The third-order valence-corrected chi connectivity index (χ3v) is 4.23. The third-order valence-electron chi connectivity index (χ3n) is 4.00. The lowest BCUT2D eigenvalue weighted by Gasteiger charge is -2.29. The van der Waals surface area contributed by atoms with E-state index in [1.165, 1.54) is 11.1 Å². The maximum absolute atomic E-state index is 12.3. The summed E-state index contributed by atoms with van der Waals surface area (Å²) in [5.41, 5.74) is 3.74. The molecule has 0 atom stereocenters. The Bertz CT molecular complexity index is 672. The molecule has 114 valence electrons. The van der Waals surface area contributed by atoms with Crippen LogP contribution in [-0.4, -0.2) is 24.0 Å². The average molecular weight is 315 g/mol. The molecule has 1 aliphatic rings. The number of fused-ring (bicyclic) bond motifs is 1. The SMILES string of the molecule is O=C(NCCc1cccc(Cl)c1)N1CCc2ccccc2C1. The highest BCUT2D eigenvalue weighted by Gasteiger charge is 2.19. The van der Waals surface area contributed by atoms with E-state index < -0.39 is 0 Å². The van der Waals surface area contributed by atoms with Crippen LogP contribution in [-0.2, 0) is 19.4 Å². The zero-order chi connectivity index (χ0) is 15.4. The second-order valence-corrected chi connectivity index (χ2v) is 5.99. The van der Waals surface area contributed by atoms with Crippen LogP contribution in [0.5, 0.6) is 0 Å². The van der Waals surface area contributed by atoms with Gasteiger partial charge in [-0.25, -0.2) is 4.79 Å². The van der Waals surface area contributed by atoms with Gasteiger partial charge in [-0.15, -0.1) is 0 Å². The van der Waals surface area contributed by atoms with Crippen LogP contribution in [0.4, 0.5) is 4.79 Å². The lowest BCUT2D eigenvalue weighted by molar-refractivity contribution is 0.192. The van der Waals surface area contributed by atoms with E-state index in [0.717, 1.165) is 30.0 Å². The van der Waals surface area contributed by atoms with Crippen molar-refractivity contribution in [1.29, 1.82) is 0 Å². The number of halogens is 1. The van der Waals surface area contributed by atoms with Crippen LogP contribution in [0.3, 0.4) is 0 Å². The normalized spacial score (nSPS) is 13.6. The molecule has 1 heterocycles. The number of nitrogens with one attached hydrogen (secondary N) is 1. The smallest absolute Gasteiger partial charge is 0.317 e. The van der Waals surface area contributed by atoms with Crippen molar-refractivity contribution < 1.29 is 4.79 Å². The summed E-state index contributed by atoms with van der Waals surface area (Å²) >= 11 is 5.96. The Morgan fingerprint density at radius 3 is 2.77 bits per heavy atom. The number of benzene rings is 2. The Balaban J connectivity index is 1.51. The van der Waals surface area contributed by atoms with Crippen molar-refractivity contribution in [3.8, 4) is 0 Å². The number of amides is 2. The molecule has 3 rings (SSSR count). The van der Waals surface area contributed by atoms with Crippen molar-refractivity contribution in [3.63, 3.8) is 0 Å². The van der Waals surface area contributed by atoms with Gasteiger partial charge in [0.05, 0.1) is 0 Å². The van der Waals surface area contributed by atoms with Crippen molar-refractivity contribution in [2.24, 2.45) is 0 Å². The van der Waals surface area contributed by atoms with Gasteiger partial charge in [-0.05, 0) is 41.7 Å². The molecule has 4 heteroatoms. The third kappa shape index (κ3) is 3.60. The van der Waals surface area contributed by atoms with Crippen LogP contribution < -0.4 is 5.32 Å². The second-order valence-electron chi connectivity index (χ2n) is 5.55. The molecule has 0 radical (unpaired) electrons.